The molecule has 2 nitrogen and oxygen atoms in total. The van der Waals surface area contributed by atoms with E-state index in [4.69, 9.17) is 0 Å². The van der Waals surface area contributed by atoms with Gasteiger partial charge in [-0.25, -0.2) is 0 Å². The number of thioether (sulfide) groups is 1. The number of carbonyl (C=O) groups is 1. The average molecular weight is 195 g/mol. The SMILES string of the molecule is CC(=O)SCc1cc(C)cc(C)n1. The van der Waals surface area contributed by atoms with E-state index in [-0.39, 0.29) is 5.12 Å². The second-order valence-electron chi connectivity index (χ2n) is 3.06. The Bertz CT molecular complexity index is 302. The molecule has 0 atom stereocenters. The molecule has 0 radical (unpaired) electrons. The highest BCUT2D eigenvalue weighted by Crippen LogP contribution is 2.12. The zero-order chi connectivity index (χ0) is 9.84. The van der Waals surface area contributed by atoms with Crippen molar-refractivity contribution in [2.24, 2.45) is 0 Å². The van der Waals surface area contributed by atoms with Gasteiger partial charge in [-0.2, -0.15) is 0 Å². The Hall–Kier alpha value is -0.830. The van der Waals surface area contributed by atoms with Crippen LogP contribution in [0.5, 0.6) is 0 Å². The summed E-state index contributed by atoms with van der Waals surface area (Å²) in [7, 11) is 0. The molecule has 1 aromatic heterocycles. The quantitative estimate of drug-likeness (QED) is 0.726. The fraction of sp³-hybridized carbons (Fsp3) is 0.400. The molecule has 0 fully saturated rings. The Labute approximate surface area is 82.8 Å². The van der Waals surface area contributed by atoms with Gasteiger partial charge in [0.1, 0.15) is 0 Å². The van der Waals surface area contributed by atoms with E-state index >= 15 is 0 Å². The van der Waals surface area contributed by atoms with Crippen LogP contribution in [0.3, 0.4) is 0 Å². The molecule has 0 N–H and O–H groups in total. The highest BCUT2D eigenvalue weighted by Gasteiger charge is 2.00. The highest BCUT2D eigenvalue weighted by atomic mass is 32.2. The van der Waals surface area contributed by atoms with Crippen molar-refractivity contribution in [3.63, 3.8) is 0 Å². The lowest BCUT2D eigenvalue weighted by molar-refractivity contribution is -0.109. The van der Waals surface area contributed by atoms with Crippen molar-refractivity contribution in [2.75, 3.05) is 0 Å². The number of hydrogen-bond acceptors (Lipinski definition) is 3. The Morgan fingerprint density at radius 1 is 1.46 bits per heavy atom. The Morgan fingerprint density at radius 2 is 2.15 bits per heavy atom. The van der Waals surface area contributed by atoms with E-state index in [0.29, 0.717) is 5.75 Å². The predicted octanol–water partition coefficient (Wildman–Crippen LogP) is 2.48. The van der Waals surface area contributed by atoms with Gasteiger partial charge in [-0.1, -0.05) is 11.8 Å². The van der Waals surface area contributed by atoms with E-state index in [2.05, 4.69) is 4.98 Å². The number of pyridine rings is 1. The number of nitrogens with zero attached hydrogens (tertiary/aromatic N) is 1. The number of aryl methyl sites for hydroxylation is 2. The molecule has 0 aliphatic heterocycles. The zero-order valence-corrected chi connectivity index (χ0v) is 8.94. The van der Waals surface area contributed by atoms with E-state index in [0.717, 1.165) is 11.4 Å². The number of rotatable bonds is 2. The van der Waals surface area contributed by atoms with Gasteiger partial charge < -0.3 is 0 Å². The third-order valence-corrected chi connectivity index (χ3v) is 2.42. The molecular formula is C10H13NOS. The van der Waals surface area contributed by atoms with Gasteiger partial charge in [0.2, 0.25) is 0 Å². The second-order valence-corrected chi connectivity index (χ2v) is 4.21. The largest absolute Gasteiger partial charge is 0.288 e. The molecule has 0 aliphatic carbocycles. The van der Waals surface area contributed by atoms with Crippen LogP contribution in [0.15, 0.2) is 12.1 Å². The molecule has 1 heterocycles. The topological polar surface area (TPSA) is 30.0 Å². The molecule has 0 amide bonds. The molecule has 1 aromatic rings. The van der Waals surface area contributed by atoms with Gasteiger partial charge in [0.25, 0.3) is 0 Å². The third-order valence-electron chi connectivity index (χ3n) is 1.57. The van der Waals surface area contributed by atoms with Crippen molar-refractivity contribution in [1.82, 2.24) is 4.98 Å². The van der Waals surface area contributed by atoms with Gasteiger partial charge in [0.15, 0.2) is 5.12 Å². The lowest BCUT2D eigenvalue weighted by atomic mass is 10.2. The second kappa shape index (κ2) is 4.42. The highest BCUT2D eigenvalue weighted by molar-refractivity contribution is 8.12. The predicted molar refractivity (Wildman–Crippen MR) is 55.7 cm³/mol. The minimum absolute atomic E-state index is 0.140. The number of hydrogen-bond donors (Lipinski definition) is 0. The van der Waals surface area contributed by atoms with E-state index < -0.39 is 0 Å². The van der Waals surface area contributed by atoms with Crippen molar-refractivity contribution < 1.29 is 4.79 Å². The molecule has 0 unspecified atom stereocenters. The Morgan fingerprint density at radius 3 is 2.69 bits per heavy atom. The molecule has 70 valence electrons. The molecule has 13 heavy (non-hydrogen) atoms. The first-order valence-electron chi connectivity index (χ1n) is 4.15. The summed E-state index contributed by atoms with van der Waals surface area (Å²) in [4.78, 5) is 15.1. The number of carbonyl (C=O) groups excluding carboxylic acids is 1. The maximum Gasteiger partial charge on any atom is 0.186 e. The molecule has 0 saturated heterocycles. The Balaban J connectivity index is 2.71. The first kappa shape index (κ1) is 10.3. The summed E-state index contributed by atoms with van der Waals surface area (Å²) in [5, 5.41) is 0.140. The lowest BCUT2D eigenvalue weighted by Crippen LogP contribution is -1.93. The normalized spacial score (nSPS) is 10.1. The van der Waals surface area contributed by atoms with Crippen molar-refractivity contribution in [3.8, 4) is 0 Å². The molecule has 1 rings (SSSR count). The van der Waals surface area contributed by atoms with E-state index in [9.17, 15) is 4.79 Å². The lowest BCUT2D eigenvalue weighted by Gasteiger charge is -2.01. The van der Waals surface area contributed by atoms with Gasteiger partial charge in [-0.15, -0.1) is 0 Å². The molecule has 0 bridgehead atoms. The molecule has 0 saturated carbocycles. The van der Waals surface area contributed by atoms with Crippen LogP contribution in [-0.4, -0.2) is 10.1 Å². The zero-order valence-electron chi connectivity index (χ0n) is 8.13. The minimum Gasteiger partial charge on any atom is -0.288 e. The fourth-order valence-electron chi connectivity index (χ4n) is 1.17. The van der Waals surface area contributed by atoms with Crippen LogP contribution in [-0.2, 0) is 10.5 Å². The van der Waals surface area contributed by atoms with Crippen molar-refractivity contribution >= 4 is 16.9 Å². The van der Waals surface area contributed by atoms with Crippen molar-refractivity contribution in [3.05, 3.63) is 29.1 Å². The summed E-state index contributed by atoms with van der Waals surface area (Å²) in [5.74, 6) is 0.678. The summed E-state index contributed by atoms with van der Waals surface area (Å²) < 4.78 is 0. The summed E-state index contributed by atoms with van der Waals surface area (Å²) in [6, 6.07) is 4.05. The first-order chi connectivity index (χ1) is 6.08. The molecular weight excluding hydrogens is 182 g/mol. The van der Waals surface area contributed by atoms with Crippen LogP contribution in [0, 0.1) is 13.8 Å². The summed E-state index contributed by atoms with van der Waals surface area (Å²) in [6.07, 6.45) is 0. The average Bonchev–Trinajstić information content (AvgIpc) is 1.99. The van der Waals surface area contributed by atoms with Crippen molar-refractivity contribution in [1.29, 1.82) is 0 Å². The van der Waals surface area contributed by atoms with Gasteiger partial charge in [-0.05, 0) is 31.5 Å². The van der Waals surface area contributed by atoms with Gasteiger partial charge in [0, 0.05) is 18.4 Å². The first-order valence-corrected chi connectivity index (χ1v) is 5.14. The van der Waals surface area contributed by atoms with Gasteiger partial charge in [-0.3, -0.25) is 9.78 Å². The maximum atomic E-state index is 10.7. The van der Waals surface area contributed by atoms with Gasteiger partial charge >= 0.3 is 0 Å². The van der Waals surface area contributed by atoms with Crippen LogP contribution in [0.4, 0.5) is 0 Å². The van der Waals surface area contributed by atoms with Gasteiger partial charge in [0.05, 0.1) is 5.69 Å². The minimum atomic E-state index is 0.140. The summed E-state index contributed by atoms with van der Waals surface area (Å²) >= 11 is 1.30. The summed E-state index contributed by atoms with van der Waals surface area (Å²) in [6.45, 7) is 5.58. The summed E-state index contributed by atoms with van der Waals surface area (Å²) in [5.41, 5.74) is 3.20. The molecule has 0 aromatic carbocycles. The molecule has 0 spiro atoms. The Kier molecular flexibility index (Phi) is 3.48. The maximum absolute atomic E-state index is 10.7. The smallest absolute Gasteiger partial charge is 0.186 e. The number of aromatic nitrogens is 1. The monoisotopic (exact) mass is 195 g/mol. The van der Waals surface area contributed by atoms with E-state index in [1.54, 1.807) is 6.92 Å². The van der Waals surface area contributed by atoms with Crippen LogP contribution < -0.4 is 0 Å². The fourth-order valence-corrected chi connectivity index (χ4v) is 1.67. The van der Waals surface area contributed by atoms with Crippen LogP contribution >= 0.6 is 11.8 Å². The van der Waals surface area contributed by atoms with Crippen LogP contribution in [0.25, 0.3) is 0 Å². The standard InChI is InChI=1S/C10H13NOS/c1-7-4-8(2)11-10(5-7)6-13-9(3)12/h4-5H,6H2,1-3H3. The van der Waals surface area contributed by atoms with Crippen LogP contribution in [0.1, 0.15) is 23.9 Å². The molecule has 3 heteroatoms. The van der Waals surface area contributed by atoms with Crippen LogP contribution in [0.2, 0.25) is 0 Å². The van der Waals surface area contributed by atoms with E-state index in [1.165, 1.54) is 17.3 Å². The molecule has 0 aliphatic rings. The van der Waals surface area contributed by atoms with E-state index in [1.807, 2.05) is 26.0 Å². The van der Waals surface area contributed by atoms with Crippen molar-refractivity contribution in [2.45, 2.75) is 26.5 Å². The third kappa shape index (κ3) is 3.59.